The average Bonchev–Trinajstić information content (AvgIpc) is 3.24. The maximum absolute atomic E-state index is 12.8. The highest BCUT2D eigenvalue weighted by molar-refractivity contribution is 5.94. The van der Waals surface area contributed by atoms with Crippen molar-refractivity contribution in [3.05, 3.63) is 70.7 Å². The van der Waals surface area contributed by atoms with Crippen LogP contribution in [-0.4, -0.2) is 28.4 Å². The number of fused-ring (bicyclic) bond motifs is 2. The maximum atomic E-state index is 12.8. The number of methoxy groups -OCH3 is 1. The number of rotatable bonds is 3. The van der Waals surface area contributed by atoms with E-state index in [0.29, 0.717) is 11.3 Å². The van der Waals surface area contributed by atoms with Crippen LogP contribution in [0, 0.1) is 6.92 Å². The normalized spacial score (nSPS) is 15.7. The summed E-state index contributed by atoms with van der Waals surface area (Å²) in [5.41, 5.74) is 4.99. The smallest absolute Gasteiger partial charge is 0.337 e. The van der Waals surface area contributed by atoms with Crippen LogP contribution in [0.3, 0.4) is 0 Å². The highest BCUT2D eigenvalue weighted by Gasteiger charge is 2.26. The Kier molecular flexibility index (Phi) is 3.95. The first-order valence-corrected chi connectivity index (χ1v) is 8.52. The van der Waals surface area contributed by atoms with Crippen LogP contribution in [0.1, 0.15) is 50.0 Å². The van der Waals surface area contributed by atoms with Crippen molar-refractivity contribution >= 4 is 17.5 Å². The fourth-order valence-electron chi connectivity index (χ4n) is 3.50. The number of esters is 1. The SMILES string of the molecule is COC(=O)c1ccc2c(c1)CC[C@H]2NC(=O)c1cnc2ccc(C)cn12. The minimum absolute atomic E-state index is 0.0699. The van der Waals surface area contributed by atoms with Crippen molar-refractivity contribution in [2.45, 2.75) is 25.8 Å². The molecule has 132 valence electrons. The molecule has 0 saturated carbocycles. The highest BCUT2D eigenvalue weighted by atomic mass is 16.5. The van der Waals surface area contributed by atoms with E-state index in [1.165, 1.54) is 7.11 Å². The molecule has 0 unspecified atom stereocenters. The van der Waals surface area contributed by atoms with Gasteiger partial charge < -0.3 is 10.1 Å². The van der Waals surface area contributed by atoms with E-state index < -0.39 is 0 Å². The van der Waals surface area contributed by atoms with Crippen molar-refractivity contribution in [2.75, 3.05) is 7.11 Å². The quantitative estimate of drug-likeness (QED) is 0.738. The average molecular weight is 349 g/mol. The van der Waals surface area contributed by atoms with E-state index in [0.717, 1.165) is 35.2 Å². The van der Waals surface area contributed by atoms with Crippen molar-refractivity contribution in [3.63, 3.8) is 0 Å². The third-order valence-corrected chi connectivity index (χ3v) is 4.83. The number of carbonyl (C=O) groups is 2. The van der Waals surface area contributed by atoms with Gasteiger partial charge >= 0.3 is 5.97 Å². The Hall–Kier alpha value is -3.15. The van der Waals surface area contributed by atoms with Crippen LogP contribution in [0.5, 0.6) is 0 Å². The predicted molar refractivity (Wildman–Crippen MR) is 96.2 cm³/mol. The number of imidazole rings is 1. The zero-order valence-electron chi connectivity index (χ0n) is 14.7. The number of carbonyl (C=O) groups excluding carboxylic acids is 2. The van der Waals surface area contributed by atoms with Gasteiger partial charge in [-0.15, -0.1) is 0 Å². The number of hydrogen-bond donors (Lipinski definition) is 1. The number of nitrogens with one attached hydrogen (secondary N) is 1. The van der Waals surface area contributed by atoms with Gasteiger partial charge in [0.05, 0.1) is 24.9 Å². The Morgan fingerprint density at radius 3 is 2.92 bits per heavy atom. The first-order valence-electron chi connectivity index (χ1n) is 8.52. The lowest BCUT2D eigenvalue weighted by atomic mass is 10.0. The molecule has 2 heterocycles. The predicted octanol–water partition coefficient (Wildman–Crippen LogP) is 2.85. The Morgan fingerprint density at radius 2 is 2.12 bits per heavy atom. The molecule has 2 aromatic heterocycles. The van der Waals surface area contributed by atoms with E-state index in [4.69, 9.17) is 4.74 Å². The van der Waals surface area contributed by atoms with Crippen LogP contribution in [-0.2, 0) is 11.2 Å². The monoisotopic (exact) mass is 349 g/mol. The second kappa shape index (κ2) is 6.29. The van der Waals surface area contributed by atoms with Crippen molar-refractivity contribution in [3.8, 4) is 0 Å². The van der Waals surface area contributed by atoms with Crippen LogP contribution < -0.4 is 5.32 Å². The molecule has 0 fully saturated rings. The lowest BCUT2D eigenvalue weighted by Crippen LogP contribution is -2.28. The van der Waals surface area contributed by atoms with Gasteiger partial charge in [-0.05, 0) is 54.7 Å². The lowest BCUT2D eigenvalue weighted by molar-refractivity contribution is 0.0600. The minimum Gasteiger partial charge on any atom is -0.465 e. The van der Waals surface area contributed by atoms with Gasteiger partial charge in [0.2, 0.25) is 0 Å². The molecule has 1 aromatic carbocycles. The molecule has 3 aromatic rings. The highest BCUT2D eigenvalue weighted by Crippen LogP contribution is 2.32. The van der Waals surface area contributed by atoms with Crippen LogP contribution in [0.25, 0.3) is 5.65 Å². The van der Waals surface area contributed by atoms with E-state index in [2.05, 4.69) is 10.3 Å². The van der Waals surface area contributed by atoms with Crippen LogP contribution in [0.15, 0.2) is 42.7 Å². The summed E-state index contributed by atoms with van der Waals surface area (Å²) in [5, 5.41) is 3.10. The molecule has 0 spiro atoms. The molecule has 1 amide bonds. The molecule has 0 bridgehead atoms. The number of benzene rings is 1. The largest absolute Gasteiger partial charge is 0.465 e. The summed E-state index contributed by atoms with van der Waals surface area (Å²) in [4.78, 5) is 28.7. The molecule has 1 aliphatic rings. The van der Waals surface area contributed by atoms with Crippen molar-refractivity contribution < 1.29 is 14.3 Å². The molecule has 6 heteroatoms. The second-order valence-corrected chi connectivity index (χ2v) is 6.55. The maximum Gasteiger partial charge on any atom is 0.337 e. The number of nitrogens with zero attached hydrogens (tertiary/aromatic N) is 2. The van der Waals surface area contributed by atoms with Gasteiger partial charge in [0, 0.05) is 6.20 Å². The molecule has 1 N–H and O–H groups in total. The van der Waals surface area contributed by atoms with Gasteiger partial charge in [-0.25, -0.2) is 9.78 Å². The minimum atomic E-state index is -0.346. The van der Waals surface area contributed by atoms with E-state index in [1.807, 2.05) is 37.4 Å². The van der Waals surface area contributed by atoms with Gasteiger partial charge in [-0.2, -0.15) is 0 Å². The molecule has 1 atom stereocenters. The number of ether oxygens (including phenoxy) is 1. The van der Waals surface area contributed by atoms with Crippen LogP contribution >= 0.6 is 0 Å². The Bertz CT molecular complexity index is 1020. The first-order chi connectivity index (χ1) is 12.6. The fraction of sp³-hybridized carbons (Fsp3) is 0.250. The zero-order valence-corrected chi connectivity index (χ0v) is 14.7. The van der Waals surface area contributed by atoms with E-state index >= 15 is 0 Å². The summed E-state index contributed by atoms with van der Waals surface area (Å²) < 4.78 is 6.57. The van der Waals surface area contributed by atoms with Crippen molar-refractivity contribution in [1.82, 2.24) is 14.7 Å². The standard InChI is InChI=1S/C20H19N3O3/c1-12-3-8-18-21-10-17(23(18)11-12)19(24)22-16-7-5-13-9-14(20(25)26-2)4-6-15(13)16/h3-4,6,8-11,16H,5,7H2,1-2H3,(H,22,24)/t16-/m1/s1. The van der Waals surface area contributed by atoms with E-state index in [9.17, 15) is 9.59 Å². The van der Waals surface area contributed by atoms with Gasteiger partial charge in [0.15, 0.2) is 0 Å². The van der Waals surface area contributed by atoms with Gasteiger partial charge in [0.1, 0.15) is 11.3 Å². The van der Waals surface area contributed by atoms with Gasteiger partial charge in [-0.1, -0.05) is 12.1 Å². The fourth-order valence-corrected chi connectivity index (χ4v) is 3.50. The topological polar surface area (TPSA) is 72.7 Å². The van der Waals surface area contributed by atoms with Crippen LogP contribution in [0.2, 0.25) is 0 Å². The summed E-state index contributed by atoms with van der Waals surface area (Å²) in [6, 6.07) is 9.29. The number of pyridine rings is 1. The lowest BCUT2D eigenvalue weighted by Gasteiger charge is -2.14. The van der Waals surface area contributed by atoms with Crippen molar-refractivity contribution in [1.29, 1.82) is 0 Å². The zero-order chi connectivity index (χ0) is 18.3. The Balaban J connectivity index is 1.58. The molecular weight excluding hydrogens is 330 g/mol. The second-order valence-electron chi connectivity index (χ2n) is 6.55. The van der Waals surface area contributed by atoms with Gasteiger partial charge in [0.25, 0.3) is 5.91 Å². The molecule has 1 aliphatic carbocycles. The number of aryl methyl sites for hydroxylation is 2. The first kappa shape index (κ1) is 16.3. The third-order valence-electron chi connectivity index (χ3n) is 4.83. The summed E-state index contributed by atoms with van der Waals surface area (Å²) in [6.45, 7) is 1.98. The summed E-state index contributed by atoms with van der Waals surface area (Å²) in [6.07, 6.45) is 5.13. The molecule has 4 rings (SSSR count). The van der Waals surface area contributed by atoms with Gasteiger partial charge in [-0.3, -0.25) is 9.20 Å². The summed E-state index contributed by atoms with van der Waals surface area (Å²) in [5.74, 6) is -0.501. The van der Waals surface area contributed by atoms with Crippen LogP contribution in [0.4, 0.5) is 0 Å². The third kappa shape index (κ3) is 2.73. The molecule has 0 saturated heterocycles. The molecular formula is C20H19N3O3. The molecule has 0 radical (unpaired) electrons. The van der Waals surface area contributed by atoms with E-state index in [-0.39, 0.29) is 17.9 Å². The Morgan fingerprint density at radius 1 is 1.27 bits per heavy atom. The molecule has 0 aliphatic heterocycles. The summed E-state index contributed by atoms with van der Waals surface area (Å²) >= 11 is 0. The van der Waals surface area contributed by atoms with Crippen molar-refractivity contribution in [2.24, 2.45) is 0 Å². The summed E-state index contributed by atoms with van der Waals surface area (Å²) in [7, 11) is 1.37. The number of amides is 1. The molecule has 26 heavy (non-hydrogen) atoms. The molecule has 6 nitrogen and oxygen atoms in total. The number of hydrogen-bond acceptors (Lipinski definition) is 4. The Labute approximate surface area is 150 Å². The van der Waals surface area contributed by atoms with E-state index in [1.54, 1.807) is 16.7 Å². The number of aromatic nitrogens is 2.